The highest BCUT2D eigenvalue weighted by Gasteiger charge is 2.50. The number of rotatable bonds is 2. The van der Waals surface area contributed by atoms with E-state index in [-0.39, 0.29) is 17.4 Å². The third-order valence-electron chi connectivity index (χ3n) is 4.70. The molecule has 1 aromatic rings. The second-order valence-corrected chi connectivity index (χ2v) is 7.44. The number of carbonyl (C=O) groups excluding carboxylic acids is 1. The van der Waals surface area contributed by atoms with E-state index in [0.717, 1.165) is 24.2 Å². The minimum absolute atomic E-state index is 0.0497. The van der Waals surface area contributed by atoms with E-state index in [1.807, 2.05) is 32.0 Å². The van der Waals surface area contributed by atoms with Crippen molar-refractivity contribution in [1.82, 2.24) is 0 Å². The first-order valence-corrected chi connectivity index (χ1v) is 7.73. The first kappa shape index (κ1) is 14.6. The molecule has 114 valence electrons. The highest BCUT2D eigenvalue weighted by Crippen LogP contribution is 2.44. The number of Topliss-reactive ketones (excluding diaryl/α,β-unsaturated/α-hetero) is 1. The molecule has 0 bridgehead atoms. The van der Waals surface area contributed by atoms with Crippen molar-refractivity contribution in [3.63, 3.8) is 0 Å². The number of benzene rings is 1. The number of ether oxygens (including phenoxy) is 2. The molecule has 2 aliphatic rings. The summed E-state index contributed by atoms with van der Waals surface area (Å²) in [5, 5.41) is 0. The Balaban J connectivity index is 1.78. The molecule has 3 heteroatoms. The van der Waals surface area contributed by atoms with Gasteiger partial charge in [0.1, 0.15) is 11.5 Å². The zero-order chi connectivity index (χ0) is 15.3. The average molecular weight is 288 g/mol. The molecule has 21 heavy (non-hydrogen) atoms. The van der Waals surface area contributed by atoms with Crippen molar-refractivity contribution >= 4 is 5.78 Å². The van der Waals surface area contributed by atoms with E-state index in [1.165, 1.54) is 0 Å². The summed E-state index contributed by atoms with van der Waals surface area (Å²) in [4.78, 5) is 13.0. The Morgan fingerprint density at radius 2 is 1.90 bits per heavy atom. The van der Waals surface area contributed by atoms with Gasteiger partial charge in [-0.1, -0.05) is 18.2 Å². The number of hydrogen-bond acceptors (Lipinski definition) is 3. The van der Waals surface area contributed by atoms with E-state index in [0.29, 0.717) is 12.4 Å². The molecular weight excluding hydrogens is 264 g/mol. The van der Waals surface area contributed by atoms with E-state index >= 15 is 0 Å². The van der Waals surface area contributed by atoms with Crippen molar-refractivity contribution in [2.75, 3.05) is 6.61 Å². The Morgan fingerprint density at radius 3 is 2.57 bits per heavy atom. The molecule has 1 saturated heterocycles. The molecule has 0 N–H and O–H groups in total. The molecule has 0 radical (unpaired) electrons. The van der Waals surface area contributed by atoms with Crippen molar-refractivity contribution in [3.8, 4) is 5.75 Å². The lowest BCUT2D eigenvalue weighted by atomic mass is 9.77. The van der Waals surface area contributed by atoms with Gasteiger partial charge in [0, 0.05) is 5.92 Å². The van der Waals surface area contributed by atoms with Crippen molar-refractivity contribution < 1.29 is 14.3 Å². The van der Waals surface area contributed by atoms with Crippen molar-refractivity contribution in [2.24, 2.45) is 11.8 Å². The summed E-state index contributed by atoms with van der Waals surface area (Å²) in [5.74, 6) is 1.11. The second-order valence-electron chi connectivity index (χ2n) is 7.44. The van der Waals surface area contributed by atoms with E-state index in [9.17, 15) is 4.79 Å². The van der Waals surface area contributed by atoms with Crippen LogP contribution in [0.4, 0.5) is 0 Å². The number of fused-ring (bicyclic) bond motifs is 1. The molecule has 2 aliphatic heterocycles. The van der Waals surface area contributed by atoms with Crippen LogP contribution in [0, 0.1) is 11.8 Å². The van der Waals surface area contributed by atoms with Gasteiger partial charge in [0.25, 0.3) is 0 Å². The van der Waals surface area contributed by atoms with Crippen LogP contribution >= 0.6 is 0 Å². The van der Waals surface area contributed by atoms with Crippen LogP contribution in [0.15, 0.2) is 24.3 Å². The lowest BCUT2D eigenvalue weighted by molar-refractivity contribution is -0.134. The van der Waals surface area contributed by atoms with Crippen molar-refractivity contribution in [1.29, 1.82) is 0 Å². The van der Waals surface area contributed by atoms with Crippen LogP contribution in [0.5, 0.6) is 5.75 Å². The van der Waals surface area contributed by atoms with Crippen LogP contribution in [-0.4, -0.2) is 23.6 Å². The van der Waals surface area contributed by atoms with Crippen molar-refractivity contribution in [3.05, 3.63) is 29.8 Å². The van der Waals surface area contributed by atoms with Gasteiger partial charge in [0.15, 0.2) is 0 Å². The Kier molecular flexibility index (Phi) is 3.36. The molecule has 2 unspecified atom stereocenters. The van der Waals surface area contributed by atoms with Crippen LogP contribution in [-0.2, 0) is 16.0 Å². The zero-order valence-electron chi connectivity index (χ0n) is 13.3. The fourth-order valence-corrected chi connectivity index (χ4v) is 3.80. The highest BCUT2D eigenvalue weighted by atomic mass is 16.5. The Morgan fingerprint density at radius 1 is 1.19 bits per heavy atom. The van der Waals surface area contributed by atoms with E-state index in [4.69, 9.17) is 9.47 Å². The summed E-state index contributed by atoms with van der Waals surface area (Å²) in [5.41, 5.74) is 0.521. The molecule has 0 aromatic heterocycles. The predicted molar refractivity (Wildman–Crippen MR) is 81.5 cm³/mol. The predicted octanol–water partition coefficient (Wildman–Crippen LogP) is 3.40. The Bertz CT molecular complexity index is 559. The molecule has 2 heterocycles. The van der Waals surface area contributed by atoms with Crippen LogP contribution < -0.4 is 4.74 Å². The summed E-state index contributed by atoms with van der Waals surface area (Å²) >= 11 is 0. The fourth-order valence-electron chi connectivity index (χ4n) is 3.80. The van der Waals surface area contributed by atoms with E-state index < -0.39 is 5.60 Å². The summed E-state index contributed by atoms with van der Waals surface area (Å²) in [7, 11) is 0. The van der Waals surface area contributed by atoms with Gasteiger partial charge >= 0.3 is 0 Å². The van der Waals surface area contributed by atoms with Gasteiger partial charge in [-0.05, 0) is 52.2 Å². The minimum Gasteiger partial charge on any atom is -0.493 e. The molecule has 3 nitrogen and oxygen atoms in total. The first-order chi connectivity index (χ1) is 9.78. The van der Waals surface area contributed by atoms with Gasteiger partial charge in [-0.25, -0.2) is 0 Å². The fraction of sp³-hybridized carbons (Fsp3) is 0.611. The Hall–Kier alpha value is -1.35. The summed E-state index contributed by atoms with van der Waals surface area (Å²) in [6, 6.07) is 8.00. The van der Waals surface area contributed by atoms with Gasteiger partial charge in [0.05, 0.1) is 23.7 Å². The second kappa shape index (κ2) is 4.84. The quantitative estimate of drug-likeness (QED) is 0.836. The van der Waals surface area contributed by atoms with Crippen LogP contribution in [0.3, 0.4) is 0 Å². The third-order valence-corrected chi connectivity index (χ3v) is 4.70. The molecule has 0 spiro atoms. The highest BCUT2D eigenvalue weighted by molar-refractivity contribution is 5.85. The van der Waals surface area contributed by atoms with Gasteiger partial charge in [-0.2, -0.15) is 0 Å². The van der Waals surface area contributed by atoms with Gasteiger partial charge in [-0.3, -0.25) is 4.79 Å². The monoisotopic (exact) mass is 288 g/mol. The number of ketones is 1. The molecule has 0 amide bonds. The molecule has 0 aliphatic carbocycles. The average Bonchev–Trinajstić information content (AvgIpc) is 2.65. The molecular formula is C18H24O3. The summed E-state index contributed by atoms with van der Waals surface area (Å²) < 4.78 is 11.8. The van der Waals surface area contributed by atoms with Gasteiger partial charge in [-0.15, -0.1) is 0 Å². The standard InChI is InChI=1S/C18H24O3/c1-17(2)10-14(18(3,4)21-17)16(19)13-9-12-7-5-6-8-15(12)20-11-13/h5-8,13-14H,9-11H2,1-4H3. The summed E-state index contributed by atoms with van der Waals surface area (Å²) in [6.07, 6.45) is 1.57. The maximum Gasteiger partial charge on any atom is 0.145 e. The largest absolute Gasteiger partial charge is 0.493 e. The van der Waals surface area contributed by atoms with Crippen LogP contribution in [0.2, 0.25) is 0 Å². The van der Waals surface area contributed by atoms with Gasteiger partial charge in [0.2, 0.25) is 0 Å². The molecule has 3 rings (SSSR count). The SMILES string of the molecule is CC1(C)CC(C(=O)C2COc3ccccc3C2)C(C)(C)O1. The first-order valence-electron chi connectivity index (χ1n) is 7.73. The maximum atomic E-state index is 13.0. The summed E-state index contributed by atoms with van der Waals surface area (Å²) in [6.45, 7) is 8.68. The number of carbonyl (C=O) groups is 1. The normalized spacial score (nSPS) is 29.5. The van der Waals surface area contributed by atoms with Crippen LogP contribution in [0.25, 0.3) is 0 Å². The van der Waals surface area contributed by atoms with Crippen LogP contribution in [0.1, 0.15) is 39.7 Å². The Labute approximate surface area is 126 Å². The number of hydrogen-bond donors (Lipinski definition) is 0. The molecule has 1 fully saturated rings. The number of para-hydroxylation sites is 1. The van der Waals surface area contributed by atoms with Crippen molar-refractivity contribution in [2.45, 2.75) is 51.7 Å². The van der Waals surface area contributed by atoms with E-state index in [2.05, 4.69) is 19.9 Å². The molecule has 0 saturated carbocycles. The van der Waals surface area contributed by atoms with E-state index in [1.54, 1.807) is 0 Å². The topological polar surface area (TPSA) is 35.5 Å². The lowest BCUT2D eigenvalue weighted by Gasteiger charge is -2.31. The minimum atomic E-state index is -0.391. The lowest BCUT2D eigenvalue weighted by Crippen LogP contribution is -2.40. The molecule has 2 atom stereocenters. The van der Waals surface area contributed by atoms with Gasteiger partial charge < -0.3 is 9.47 Å². The third kappa shape index (κ3) is 2.71. The smallest absolute Gasteiger partial charge is 0.145 e. The zero-order valence-corrected chi connectivity index (χ0v) is 13.3. The molecule has 1 aromatic carbocycles. The maximum absolute atomic E-state index is 13.0.